The zero-order chi connectivity index (χ0) is 11.8. The minimum atomic E-state index is -1.77. The molecule has 0 saturated carbocycles. The first-order valence-corrected chi connectivity index (χ1v) is 8.17. The molecule has 1 aliphatic rings. The van der Waals surface area contributed by atoms with Crippen LogP contribution in [0.3, 0.4) is 0 Å². The van der Waals surface area contributed by atoms with Gasteiger partial charge in [-0.2, -0.15) is 0 Å². The lowest BCUT2D eigenvalue weighted by Gasteiger charge is -2.39. The van der Waals surface area contributed by atoms with Crippen molar-refractivity contribution < 1.29 is 4.43 Å². The summed E-state index contributed by atoms with van der Waals surface area (Å²) in [5, 5.41) is 0. The molecular formula is C14H20OSi. The van der Waals surface area contributed by atoms with Gasteiger partial charge in [0, 0.05) is 5.56 Å². The van der Waals surface area contributed by atoms with Gasteiger partial charge in [-0.25, -0.2) is 0 Å². The summed E-state index contributed by atoms with van der Waals surface area (Å²) in [4.78, 5) is 0. The molecule has 0 fully saturated rings. The fourth-order valence-corrected chi connectivity index (χ4v) is 6.09. The Morgan fingerprint density at radius 2 is 1.62 bits per heavy atom. The van der Waals surface area contributed by atoms with E-state index >= 15 is 0 Å². The van der Waals surface area contributed by atoms with Crippen molar-refractivity contribution in [1.29, 1.82) is 0 Å². The van der Waals surface area contributed by atoms with Crippen LogP contribution in [0, 0.1) is 0 Å². The minimum absolute atomic E-state index is 0.608. The highest BCUT2D eigenvalue weighted by molar-refractivity contribution is 6.82. The molecule has 1 heterocycles. The zero-order valence-electron chi connectivity index (χ0n) is 10.5. The van der Waals surface area contributed by atoms with E-state index in [2.05, 4.69) is 63.7 Å². The maximum absolute atomic E-state index is 6.39. The van der Waals surface area contributed by atoms with E-state index in [-0.39, 0.29) is 0 Å². The summed E-state index contributed by atoms with van der Waals surface area (Å²) >= 11 is 0. The first-order valence-electron chi connectivity index (χ1n) is 6.03. The van der Waals surface area contributed by atoms with Crippen LogP contribution < -0.4 is 4.43 Å². The molecule has 0 bridgehead atoms. The molecule has 1 nitrogen and oxygen atoms in total. The van der Waals surface area contributed by atoms with Gasteiger partial charge in [-0.3, -0.25) is 0 Å². The molecule has 0 aliphatic carbocycles. The number of hydrogen-bond acceptors (Lipinski definition) is 1. The normalized spacial score (nSPS) is 17.4. The number of para-hydroxylation sites is 1. The smallest absolute Gasteiger partial charge is 0.280 e. The van der Waals surface area contributed by atoms with Crippen LogP contribution in [0.15, 0.2) is 30.0 Å². The summed E-state index contributed by atoms with van der Waals surface area (Å²) in [5.74, 6) is 1.07. The Morgan fingerprint density at radius 1 is 1.00 bits per heavy atom. The summed E-state index contributed by atoms with van der Waals surface area (Å²) in [6.45, 7) is 9.13. The summed E-state index contributed by atoms with van der Waals surface area (Å²) < 4.78 is 6.39. The van der Waals surface area contributed by atoms with E-state index in [1.807, 2.05) is 0 Å². The molecule has 2 rings (SSSR count). The third kappa shape index (κ3) is 1.71. The molecule has 86 valence electrons. The average molecular weight is 232 g/mol. The number of rotatable bonds is 2. The molecule has 1 aromatic rings. The van der Waals surface area contributed by atoms with E-state index in [9.17, 15) is 0 Å². The third-order valence-electron chi connectivity index (χ3n) is 3.53. The van der Waals surface area contributed by atoms with E-state index in [1.165, 1.54) is 5.56 Å². The molecule has 0 atom stereocenters. The van der Waals surface area contributed by atoms with Gasteiger partial charge in [-0.1, -0.05) is 57.7 Å². The third-order valence-corrected chi connectivity index (χ3v) is 8.40. The molecule has 0 amide bonds. The monoisotopic (exact) mass is 232 g/mol. The molecule has 0 radical (unpaired) electrons. The first kappa shape index (κ1) is 11.5. The number of hydrogen-bond donors (Lipinski definition) is 0. The van der Waals surface area contributed by atoms with Crippen LogP contribution in [0.25, 0.3) is 6.08 Å². The number of benzene rings is 1. The lowest BCUT2D eigenvalue weighted by Crippen LogP contribution is -2.47. The average Bonchev–Trinajstić information content (AvgIpc) is 2.27. The van der Waals surface area contributed by atoms with Gasteiger partial charge in [0.05, 0.1) is 0 Å². The molecule has 1 aliphatic heterocycles. The highest BCUT2D eigenvalue weighted by atomic mass is 28.4. The standard InChI is InChI=1S/C14H20OSi/c1-11(2)16(12(3)4)10-9-13-7-5-6-8-14(13)15-16/h5-12H,1-4H3. The molecule has 0 spiro atoms. The summed E-state index contributed by atoms with van der Waals surface area (Å²) in [5.41, 5.74) is 4.80. The van der Waals surface area contributed by atoms with Crippen LogP contribution in [0.4, 0.5) is 0 Å². The Balaban J connectivity index is 2.43. The lowest BCUT2D eigenvalue weighted by molar-refractivity contribution is 0.510. The van der Waals surface area contributed by atoms with Gasteiger partial charge >= 0.3 is 0 Å². The molecule has 0 N–H and O–H groups in total. The van der Waals surface area contributed by atoms with Crippen LogP contribution in [-0.2, 0) is 0 Å². The largest absolute Gasteiger partial charge is 0.539 e. The summed E-state index contributed by atoms with van der Waals surface area (Å²) in [7, 11) is -1.77. The van der Waals surface area contributed by atoms with Crippen molar-refractivity contribution in [2.75, 3.05) is 0 Å². The van der Waals surface area contributed by atoms with Gasteiger partial charge < -0.3 is 4.43 Å². The fourth-order valence-electron chi connectivity index (χ4n) is 2.44. The van der Waals surface area contributed by atoms with Crippen molar-refractivity contribution in [3.8, 4) is 5.75 Å². The molecule has 1 aromatic carbocycles. The van der Waals surface area contributed by atoms with E-state index in [1.54, 1.807) is 0 Å². The van der Waals surface area contributed by atoms with Crippen molar-refractivity contribution in [3.63, 3.8) is 0 Å². The Labute approximate surface area is 99.3 Å². The number of fused-ring (bicyclic) bond motifs is 1. The SMILES string of the molecule is CC(C)[Si]1(C(C)C)C=Cc2ccccc2O1. The quantitative estimate of drug-likeness (QED) is 0.687. The summed E-state index contributed by atoms with van der Waals surface area (Å²) in [6.07, 6.45) is 2.26. The van der Waals surface area contributed by atoms with Crippen molar-refractivity contribution in [1.82, 2.24) is 0 Å². The first-order chi connectivity index (χ1) is 7.56. The van der Waals surface area contributed by atoms with Gasteiger partial charge in [-0.15, -0.1) is 0 Å². The van der Waals surface area contributed by atoms with Gasteiger partial charge in [-0.05, 0) is 17.1 Å². The summed E-state index contributed by atoms with van der Waals surface area (Å²) in [6, 6.07) is 8.32. The lowest BCUT2D eigenvalue weighted by atomic mass is 10.2. The van der Waals surface area contributed by atoms with Crippen LogP contribution in [0.5, 0.6) is 5.75 Å². The van der Waals surface area contributed by atoms with E-state index in [0.717, 1.165) is 5.75 Å². The minimum Gasteiger partial charge on any atom is -0.539 e. The highest BCUT2D eigenvalue weighted by Crippen LogP contribution is 2.40. The topological polar surface area (TPSA) is 9.23 Å². The highest BCUT2D eigenvalue weighted by Gasteiger charge is 2.43. The van der Waals surface area contributed by atoms with Gasteiger partial charge in [0.15, 0.2) is 0 Å². The van der Waals surface area contributed by atoms with E-state index in [4.69, 9.17) is 4.43 Å². The van der Waals surface area contributed by atoms with Gasteiger partial charge in [0.25, 0.3) is 8.32 Å². The van der Waals surface area contributed by atoms with Crippen LogP contribution in [-0.4, -0.2) is 8.32 Å². The zero-order valence-corrected chi connectivity index (χ0v) is 11.5. The molecule has 16 heavy (non-hydrogen) atoms. The van der Waals surface area contributed by atoms with Crippen molar-refractivity contribution in [3.05, 3.63) is 35.5 Å². The second-order valence-electron chi connectivity index (χ2n) is 5.14. The second kappa shape index (κ2) is 4.09. The molecule has 0 unspecified atom stereocenters. The predicted octanol–water partition coefficient (Wildman–Crippen LogP) is 4.40. The van der Waals surface area contributed by atoms with Crippen LogP contribution in [0.2, 0.25) is 11.1 Å². The molecule has 2 heteroatoms. The molecule has 0 aromatic heterocycles. The van der Waals surface area contributed by atoms with E-state index < -0.39 is 8.32 Å². The molecular weight excluding hydrogens is 212 g/mol. The molecule has 0 saturated heterocycles. The van der Waals surface area contributed by atoms with Crippen molar-refractivity contribution >= 4 is 14.4 Å². The van der Waals surface area contributed by atoms with Crippen LogP contribution >= 0.6 is 0 Å². The second-order valence-corrected chi connectivity index (χ2v) is 9.69. The van der Waals surface area contributed by atoms with Crippen LogP contribution in [0.1, 0.15) is 33.3 Å². The maximum atomic E-state index is 6.39. The Kier molecular flexibility index (Phi) is 2.93. The van der Waals surface area contributed by atoms with Gasteiger partial charge in [0.1, 0.15) is 5.75 Å². The van der Waals surface area contributed by atoms with Gasteiger partial charge in [0.2, 0.25) is 0 Å². The Hall–Kier alpha value is -1.02. The Morgan fingerprint density at radius 3 is 2.25 bits per heavy atom. The maximum Gasteiger partial charge on any atom is 0.280 e. The Bertz CT molecular complexity index is 399. The van der Waals surface area contributed by atoms with Crippen molar-refractivity contribution in [2.24, 2.45) is 0 Å². The van der Waals surface area contributed by atoms with E-state index in [0.29, 0.717) is 11.1 Å². The predicted molar refractivity (Wildman–Crippen MR) is 72.1 cm³/mol. The van der Waals surface area contributed by atoms with Crippen molar-refractivity contribution in [2.45, 2.75) is 38.8 Å². The fraction of sp³-hybridized carbons (Fsp3) is 0.429.